The second-order valence-electron chi connectivity index (χ2n) is 5.24. The van der Waals surface area contributed by atoms with Crippen LogP contribution in [0.4, 0.5) is 0 Å². The Morgan fingerprint density at radius 3 is 2.81 bits per heavy atom. The first-order valence-electron chi connectivity index (χ1n) is 7.02. The number of hydrogen-bond donors (Lipinski definition) is 1. The molecule has 0 aliphatic heterocycles. The highest BCUT2D eigenvalue weighted by molar-refractivity contribution is 6.31. The van der Waals surface area contributed by atoms with Crippen LogP contribution < -0.4 is 5.32 Å². The molecule has 0 spiro atoms. The molecular formula is C17H18ClN3. The van der Waals surface area contributed by atoms with Gasteiger partial charge in [0.25, 0.3) is 0 Å². The molecule has 0 aliphatic carbocycles. The SMILES string of the molecule is CNC(Cn1cnc2ccccc21)c1ccc(C)c(Cl)c1. The smallest absolute Gasteiger partial charge is 0.0958 e. The number of nitrogens with zero attached hydrogens (tertiary/aromatic N) is 2. The Morgan fingerprint density at radius 2 is 2.05 bits per heavy atom. The van der Waals surface area contributed by atoms with Crippen molar-refractivity contribution < 1.29 is 0 Å². The Labute approximate surface area is 129 Å². The Bertz CT molecular complexity index is 764. The van der Waals surface area contributed by atoms with Gasteiger partial charge in [0.05, 0.1) is 23.4 Å². The summed E-state index contributed by atoms with van der Waals surface area (Å²) in [5.74, 6) is 0. The van der Waals surface area contributed by atoms with E-state index in [-0.39, 0.29) is 6.04 Å². The summed E-state index contributed by atoms with van der Waals surface area (Å²) in [6, 6.07) is 14.6. The highest BCUT2D eigenvalue weighted by Gasteiger charge is 2.13. The molecule has 3 aromatic rings. The molecule has 0 radical (unpaired) electrons. The van der Waals surface area contributed by atoms with Crippen molar-refractivity contribution in [1.29, 1.82) is 0 Å². The van der Waals surface area contributed by atoms with E-state index in [0.717, 1.165) is 28.2 Å². The fourth-order valence-corrected chi connectivity index (χ4v) is 2.73. The number of nitrogens with one attached hydrogen (secondary N) is 1. The van der Waals surface area contributed by atoms with Crippen LogP contribution in [0.5, 0.6) is 0 Å². The minimum atomic E-state index is 0.195. The van der Waals surface area contributed by atoms with Gasteiger partial charge in [0.2, 0.25) is 0 Å². The third-order valence-corrected chi connectivity index (χ3v) is 4.26. The van der Waals surface area contributed by atoms with Crippen molar-refractivity contribution in [3.8, 4) is 0 Å². The highest BCUT2D eigenvalue weighted by atomic mass is 35.5. The lowest BCUT2D eigenvalue weighted by Crippen LogP contribution is -2.21. The predicted molar refractivity (Wildman–Crippen MR) is 87.7 cm³/mol. The number of fused-ring (bicyclic) bond motifs is 1. The van der Waals surface area contributed by atoms with Crippen molar-refractivity contribution in [2.75, 3.05) is 7.05 Å². The van der Waals surface area contributed by atoms with Gasteiger partial charge in [-0.25, -0.2) is 4.98 Å². The lowest BCUT2D eigenvalue weighted by Gasteiger charge is -2.18. The van der Waals surface area contributed by atoms with Gasteiger partial charge in [0, 0.05) is 11.6 Å². The summed E-state index contributed by atoms with van der Waals surface area (Å²) in [6.45, 7) is 2.83. The molecule has 0 aliphatic rings. The largest absolute Gasteiger partial charge is 0.329 e. The van der Waals surface area contributed by atoms with Gasteiger partial charge in [-0.3, -0.25) is 0 Å². The molecule has 2 aromatic carbocycles. The van der Waals surface area contributed by atoms with Crippen molar-refractivity contribution in [2.45, 2.75) is 19.5 Å². The summed E-state index contributed by atoms with van der Waals surface area (Å²) < 4.78 is 2.17. The van der Waals surface area contributed by atoms with Crippen LogP contribution in [0.3, 0.4) is 0 Å². The molecule has 3 nitrogen and oxygen atoms in total. The molecule has 108 valence electrons. The zero-order valence-electron chi connectivity index (χ0n) is 12.2. The van der Waals surface area contributed by atoms with Crippen molar-refractivity contribution in [3.05, 3.63) is 64.9 Å². The molecule has 1 atom stereocenters. The van der Waals surface area contributed by atoms with Crippen LogP contribution in [-0.2, 0) is 6.54 Å². The molecule has 0 bridgehead atoms. The minimum Gasteiger partial charge on any atom is -0.329 e. The maximum Gasteiger partial charge on any atom is 0.0958 e. The maximum absolute atomic E-state index is 6.24. The normalized spacial score (nSPS) is 12.7. The van der Waals surface area contributed by atoms with Gasteiger partial charge in [0.15, 0.2) is 0 Å². The van der Waals surface area contributed by atoms with E-state index in [9.17, 15) is 0 Å². The van der Waals surface area contributed by atoms with Crippen LogP contribution in [0.15, 0.2) is 48.8 Å². The third-order valence-electron chi connectivity index (χ3n) is 3.85. The molecule has 1 aromatic heterocycles. The average Bonchev–Trinajstić information content (AvgIpc) is 2.91. The van der Waals surface area contributed by atoms with E-state index in [1.165, 1.54) is 5.56 Å². The van der Waals surface area contributed by atoms with E-state index in [0.29, 0.717) is 0 Å². The average molecular weight is 300 g/mol. The van der Waals surface area contributed by atoms with Crippen molar-refractivity contribution in [2.24, 2.45) is 0 Å². The van der Waals surface area contributed by atoms with Gasteiger partial charge in [-0.2, -0.15) is 0 Å². The Hall–Kier alpha value is -1.84. The van der Waals surface area contributed by atoms with E-state index in [1.807, 2.05) is 44.6 Å². The fraction of sp³-hybridized carbons (Fsp3) is 0.235. The first-order chi connectivity index (χ1) is 10.2. The summed E-state index contributed by atoms with van der Waals surface area (Å²) >= 11 is 6.24. The number of aryl methyl sites for hydroxylation is 1. The third kappa shape index (κ3) is 2.80. The Kier molecular flexibility index (Phi) is 3.95. The number of imidazole rings is 1. The predicted octanol–water partition coefficient (Wildman–Crippen LogP) is 3.96. The molecule has 0 saturated heterocycles. The van der Waals surface area contributed by atoms with E-state index in [4.69, 9.17) is 11.6 Å². The summed E-state index contributed by atoms with van der Waals surface area (Å²) in [4.78, 5) is 4.44. The van der Waals surface area contributed by atoms with Gasteiger partial charge in [-0.05, 0) is 43.3 Å². The van der Waals surface area contributed by atoms with Crippen LogP contribution in [0.2, 0.25) is 5.02 Å². The van der Waals surface area contributed by atoms with Crippen molar-refractivity contribution in [1.82, 2.24) is 14.9 Å². The molecule has 0 fully saturated rings. The summed E-state index contributed by atoms with van der Waals surface area (Å²) in [5.41, 5.74) is 4.46. The first kappa shape index (κ1) is 14.1. The summed E-state index contributed by atoms with van der Waals surface area (Å²) in [7, 11) is 1.97. The fourth-order valence-electron chi connectivity index (χ4n) is 2.54. The van der Waals surface area contributed by atoms with E-state index < -0.39 is 0 Å². The number of rotatable bonds is 4. The maximum atomic E-state index is 6.24. The van der Waals surface area contributed by atoms with E-state index in [1.54, 1.807) is 0 Å². The van der Waals surface area contributed by atoms with Gasteiger partial charge in [-0.15, -0.1) is 0 Å². The molecular weight excluding hydrogens is 282 g/mol. The number of benzene rings is 2. The lowest BCUT2D eigenvalue weighted by molar-refractivity contribution is 0.508. The van der Waals surface area contributed by atoms with Gasteiger partial charge < -0.3 is 9.88 Å². The van der Waals surface area contributed by atoms with E-state index in [2.05, 4.69) is 33.1 Å². The van der Waals surface area contributed by atoms with Crippen molar-refractivity contribution in [3.63, 3.8) is 0 Å². The van der Waals surface area contributed by atoms with Crippen LogP contribution in [0.1, 0.15) is 17.2 Å². The van der Waals surface area contributed by atoms with Gasteiger partial charge in [0.1, 0.15) is 0 Å². The van der Waals surface area contributed by atoms with Crippen LogP contribution >= 0.6 is 11.6 Å². The Morgan fingerprint density at radius 1 is 1.24 bits per heavy atom. The number of aromatic nitrogens is 2. The molecule has 1 N–H and O–H groups in total. The van der Waals surface area contributed by atoms with Crippen LogP contribution in [0, 0.1) is 6.92 Å². The topological polar surface area (TPSA) is 29.9 Å². The monoisotopic (exact) mass is 299 g/mol. The molecule has 3 rings (SSSR count). The second kappa shape index (κ2) is 5.88. The first-order valence-corrected chi connectivity index (χ1v) is 7.40. The van der Waals surface area contributed by atoms with E-state index >= 15 is 0 Å². The molecule has 21 heavy (non-hydrogen) atoms. The second-order valence-corrected chi connectivity index (χ2v) is 5.64. The number of hydrogen-bond acceptors (Lipinski definition) is 2. The summed E-state index contributed by atoms with van der Waals surface area (Å²) in [6.07, 6.45) is 1.89. The molecule has 0 saturated carbocycles. The molecule has 1 heterocycles. The van der Waals surface area contributed by atoms with Crippen LogP contribution in [-0.4, -0.2) is 16.6 Å². The number of likely N-dealkylation sites (N-methyl/N-ethyl adjacent to an activating group) is 1. The van der Waals surface area contributed by atoms with Gasteiger partial charge >= 0.3 is 0 Å². The van der Waals surface area contributed by atoms with Crippen molar-refractivity contribution >= 4 is 22.6 Å². The number of para-hydroxylation sites is 2. The molecule has 4 heteroatoms. The quantitative estimate of drug-likeness (QED) is 0.790. The van der Waals surface area contributed by atoms with Gasteiger partial charge in [-0.1, -0.05) is 35.9 Å². The zero-order chi connectivity index (χ0) is 14.8. The highest BCUT2D eigenvalue weighted by Crippen LogP contribution is 2.23. The lowest BCUT2D eigenvalue weighted by atomic mass is 10.0. The molecule has 1 unspecified atom stereocenters. The number of halogens is 1. The summed E-state index contributed by atoms with van der Waals surface area (Å²) in [5, 5.41) is 4.17. The van der Waals surface area contributed by atoms with Crippen LogP contribution in [0.25, 0.3) is 11.0 Å². The Balaban J connectivity index is 1.92. The minimum absolute atomic E-state index is 0.195. The standard InChI is InChI=1S/C17H18ClN3/c1-12-7-8-13(9-14(12)18)16(19-2)10-21-11-20-15-5-3-4-6-17(15)21/h3-9,11,16,19H,10H2,1-2H3. The zero-order valence-corrected chi connectivity index (χ0v) is 12.9. The molecule has 0 amide bonds.